The standard InChI is InChI=1S/C23H30N4O5S/c1-12-8-18(33-19(12)10-27(4)5)23-25-22(26-32-23)15-6-13(2)20(14(3)7-15)31-11-16(28)9-17(29)21(24)30/h6-8,16-17,28-29H,9-11H2,1-5H3,(H2,24,30)/t16-,17?/m1/s1. The predicted molar refractivity (Wildman–Crippen MR) is 126 cm³/mol. The Labute approximate surface area is 196 Å². The van der Waals surface area contributed by atoms with Gasteiger partial charge in [0.05, 0.1) is 11.0 Å². The smallest absolute Gasteiger partial charge is 0.268 e. The second-order valence-electron chi connectivity index (χ2n) is 8.44. The maximum absolute atomic E-state index is 10.9. The molecule has 3 aromatic rings. The van der Waals surface area contributed by atoms with Gasteiger partial charge in [0.1, 0.15) is 18.5 Å². The van der Waals surface area contributed by atoms with Gasteiger partial charge in [-0.25, -0.2) is 0 Å². The summed E-state index contributed by atoms with van der Waals surface area (Å²) in [5.74, 6) is 0.691. The number of thiophene rings is 1. The number of benzene rings is 1. The van der Waals surface area contributed by atoms with Gasteiger partial charge in [0.2, 0.25) is 11.7 Å². The molecule has 2 atom stereocenters. The second kappa shape index (κ2) is 10.4. The third kappa shape index (κ3) is 6.17. The van der Waals surface area contributed by atoms with Crippen molar-refractivity contribution in [3.8, 4) is 27.9 Å². The maximum Gasteiger partial charge on any atom is 0.268 e. The number of carbonyl (C=O) groups excluding carboxylic acids is 1. The molecule has 2 heterocycles. The zero-order valence-electron chi connectivity index (χ0n) is 19.5. The number of hydrogen-bond acceptors (Lipinski definition) is 9. The van der Waals surface area contributed by atoms with Gasteiger partial charge in [0, 0.05) is 23.4 Å². The molecule has 0 aliphatic carbocycles. The van der Waals surface area contributed by atoms with Crippen molar-refractivity contribution in [3.63, 3.8) is 0 Å². The van der Waals surface area contributed by atoms with E-state index in [1.54, 1.807) is 11.3 Å². The molecule has 1 aromatic carbocycles. The summed E-state index contributed by atoms with van der Waals surface area (Å²) >= 11 is 1.64. The number of aryl methyl sites for hydroxylation is 3. The Morgan fingerprint density at radius 2 is 1.85 bits per heavy atom. The van der Waals surface area contributed by atoms with Gasteiger partial charge in [-0.3, -0.25) is 4.79 Å². The molecule has 0 spiro atoms. The number of amides is 1. The fourth-order valence-electron chi connectivity index (χ4n) is 3.44. The topological polar surface area (TPSA) is 135 Å². The highest BCUT2D eigenvalue weighted by atomic mass is 32.1. The highest BCUT2D eigenvalue weighted by Gasteiger charge is 2.19. The number of aliphatic hydroxyl groups is 2. The van der Waals surface area contributed by atoms with Crippen LogP contribution in [-0.4, -0.2) is 64.1 Å². The number of aromatic nitrogens is 2. The first kappa shape index (κ1) is 24.8. The van der Waals surface area contributed by atoms with Crippen LogP contribution in [0, 0.1) is 20.8 Å². The molecule has 0 fully saturated rings. The molecule has 0 saturated carbocycles. The van der Waals surface area contributed by atoms with Gasteiger partial charge in [-0.2, -0.15) is 4.98 Å². The van der Waals surface area contributed by atoms with Crippen molar-refractivity contribution in [1.29, 1.82) is 0 Å². The van der Waals surface area contributed by atoms with Crippen molar-refractivity contribution in [1.82, 2.24) is 15.0 Å². The van der Waals surface area contributed by atoms with E-state index in [0.29, 0.717) is 17.5 Å². The lowest BCUT2D eigenvalue weighted by Crippen LogP contribution is -2.33. The van der Waals surface area contributed by atoms with Crippen LogP contribution in [-0.2, 0) is 11.3 Å². The number of rotatable bonds is 10. The fourth-order valence-corrected chi connectivity index (χ4v) is 4.65. The molecule has 3 rings (SSSR count). The summed E-state index contributed by atoms with van der Waals surface area (Å²) in [5.41, 5.74) is 8.67. The van der Waals surface area contributed by atoms with E-state index in [1.165, 1.54) is 10.4 Å². The van der Waals surface area contributed by atoms with Gasteiger partial charge in [0.15, 0.2) is 0 Å². The zero-order valence-corrected chi connectivity index (χ0v) is 20.3. The van der Waals surface area contributed by atoms with Crippen LogP contribution < -0.4 is 10.5 Å². The van der Waals surface area contributed by atoms with Crippen LogP contribution in [0.5, 0.6) is 5.75 Å². The van der Waals surface area contributed by atoms with Gasteiger partial charge < -0.3 is 30.1 Å². The normalized spacial score (nSPS) is 13.3. The quantitative estimate of drug-likeness (QED) is 0.408. The molecule has 1 unspecified atom stereocenters. The number of hydrogen-bond donors (Lipinski definition) is 3. The monoisotopic (exact) mass is 474 g/mol. The van der Waals surface area contributed by atoms with Gasteiger partial charge in [-0.05, 0) is 69.8 Å². The Balaban J connectivity index is 1.74. The SMILES string of the molecule is Cc1cc(-c2nc(-c3cc(C)c(OC[C@H](O)CC(O)C(N)=O)c(C)c3)no2)sc1CN(C)C. The van der Waals surface area contributed by atoms with E-state index < -0.39 is 18.1 Å². The Morgan fingerprint density at radius 3 is 2.45 bits per heavy atom. The number of nitrogens with two attached hydrogens (primary N) is 1. The molecule has 2 aromatic heterocycles. The van der Waals surface area contributed by atoms with E-state index in [-0.39, 0.29) is 13.0 Å². The molecular formula is C23H30N4O5S. The minimum Gasteiger partial charge on any atom is -0.490 e. The van der Waals surface area contributed by atoms with Crippen LogP contribution in [0.3, 0.4) is 0 Å². The van der Waals surface area contributed by atoms with Crippen molar-refractivity contribution in [3.05, 3.63) is 39.8 Å². The lowest BCUT2D eigenvalue weighted by Gasteiger charge is -2.17. The summed E-state index contributed by atoms with van der Waals surface area (Å²) in [7, 11) is 4.07. The fraction of sp³-hybridized carbons (Fsp3) is 0.435. The third-order valence-corrected chi connectivity index (χ3v) is 6.29. The summed E-state index contributed by atoms with van der Waals surface area (Å²) in [6, 6.07) is 5.84. The molecule has 4 N–H and O–H groups in total. The van der Waals surface area contributed by atoms with Gasteiger partial charge in [-0.15, -0.1) is 11.3 Å². The Bertz CT molecular complexity index is 1100. The molecule has 10 heteroatoms. The number of aliphatic hydroxyl groups excluding tert-OH is 2. The summed E-state index contributed by atoms with van der Waals surface area (Å²) in [6.45, 7) is 6.62. The average molecular weight is 475 g/mol. The van der Waals surface area contributed by atoms with Crippen molar-refractivity contribution < 1.29 is 24.3 Å². The van der Waals surface area contributed by atoms with Crippen molar-refractivity contribution in [2.45, 2.75) is 45.9 Å². The lowest BCUT2D eigenvalue weighted by atomic mass is 10.1. The number of ether oxygens (including phenoxy) is 1. The zero-order chi connectivity index (χ0) is 24.3. The molecule has 0 saturated heterocycles. The average Bonchev–Trinajstić information content (AvgIpc) is 3.34. The van der Waals surface area contributed by atoms with Crippen LogP contribution in [0.4, 0.5) is 0 Å². The second-order valence-corrected chi connectivity index (χ2v) is 9.57. The summed E-state index contributed by atoms with van der Waals surface area (Å²) in [5, 5.41) is 23.6. The predicted octanol–water partition coefficient (Wildman–Crippen LogP) is 2.43. The minimum atomic E-state index is -1.41. The Kier molecular flexibility index (Phi) is 7.85. The highest BCUT2D eigenvalue weighted by molar-refractivity contribution is 7.15. The first-order valence-electron chi connectivity index (χ1n) is 10.5. The minimum absolute atomic E-state index is 0.0786. The Hall–Kier alpha value is -2.79. The van der Waals surface area contributed by atoms with Crippen LogP contribution >= 0.6 is 11.3 Å². The summed E-state index contributed by atoms with van der Waals surface area (Å²) < 4.78 is 11.3. The molecule has 178 valence electrons. The van der Waals surface area contributed by atoms with Crippen molar-refractivity contribution in [2.24, 2.45) is 5.73 Å². The summed E-state index contributed by atoms with van der Waals surface area (Å²) in [4.78, 5) is 19.8. The maximum atomic E-state index is 10.9. The largest absolute Gasteiger partial charge is 0.490 e. The third-order valence-electron chi connectivity index (χ3n) is 5.08. The van der Waals surface area contributed by atoms with E-state index in [2.05, 4.69) is 28.0 Å². The van der Waals surface area contributed by atoms with Crippen molar-refractivity contribution >= 4 is 17.2 Å². The molecule has 0 radical (unpaired) electrons. The molecule has 0 bridgehead atoms. The molecule has 33 heavy (non-hydrogen) atoms. The molecule has 1 amide bonds. The van der Waals surface area contributed by atoms with Gasteiger partial charge >= 0.3 is 0 Å². The molecule has 0 aliphatic rings. The first-order chi connectivity index (χ1) is 15.5. The van der Waals surface area contributed by atoms with Crippen molar-refractivity contribution in [2.75, 3.05) is 20.7 Å². The molecule has 0 aliphatic heterocycles. The number of nitrogens with zero attached hydrogens (tertiary/aromatic N) is 3. The van der Waals surface area contributed by atoms with E-state index in [0.717, 1.165) is 28.1 Å². The van der Waals surface area contributed by atoms with Crippen LogP contribution in [0.2, 0.25) is 0 Å². The van der Waals surface area contributed by atoms with Crippen LogP contribution in [0.1, 0.15) is 28.0 Å². The lowest BCUT2D eigenvalue weighted by molar-refractivity contribution is -0.127. The number of primary amides is 1. The van der Waals surface area contributed by atoms with E-state index in [1.807, 2.05) is 40.1 Å². The van der Waals surface area contributed by atoms with E-state index in [9.17, 15) is 15.0 Å². The molecular weight excluding hydrogens is 444 g/mol. The van der Waals surface area contributed by atoms with Gasteiger partial charge in [-0.1, -0.05) is 5.16 Å². The first-order valence-corrected chi connectivity index (χ1v) is 11.3. The van der Waals surface area contributed by atoms with E-state index >= 15 is 0 Å². The summed E-state index contributed by atoms with van der Waals surface area (Å²) in [6.07, 6.45) is -2.63. The van der Waals surface area contributed by atoms with Gasteiger partial charge in [0.25, 0.3) is 5.89 Å². The Morgan fingerprint density at radius 1 is 1.18 bits per heavy atom. The number of carbonyl (C=O) groups is 1. The molecule has 9 nitrogen and oxygen atoms in total. The highest BCUT2D eigenvalue weighted by Crippen LogP contribution is 2.34. The van der Waals surface area contributed by atoms with E-state index in [4.69, 9.17) is 15.0 Å². The van der Waals surface area contributed by atoms with Crippen LogP contribution in [0.25, 0.3) is 22.2 Å². The van der Waals surface area contributed by atoms with Crippen LogP contribution in [0.15, 0.2) is 22.7 Å².